The van der Waals surface area contributed by atoms with E-state index in [1.54, 1.807) is 0 Å². The van der Waals surface area contributed by atoms with Crippen LogP contribution >= 0.6 is 0 Å². The fourth-order valence-corrected chi connectivity index (χ4v) is 2.65. The van der Waals surface area contributed by atoms with Gasteiger partial charge in [0.05, 0.1) is 25.2 Å². The molecule has 1 aromatic carbocycles. The van der Waals surface area contributed by atoms with E-state index in [-0.39, 0.29) is 24.5 Å². The minimum atomic E-state index is -0.778. The summed E-state index contributed by atoms with van der Waals surface area (Å²) < 4.78 is 5.55. The highest BCUT2D eigenvalue weighted by Crippen LogP contribution is 2.15. The Hall–Kier alpha value is -1.92. The number of benzene rings is 1. The van der Waals surface area contributed by atoms with Gasteiger partial charge in [0.2, 0.25) is 5.91 Å². The fraction of sp³-hybridized carbons (Fsp3) is 0.556. The number of rotatable bonds is 8. The van der Waals surface area contributed by atoms with Crippen molar-refractivity contribution in [3.63, 3.8) is 0 Å². The van der Waals surface area contributed by atoms with E-state index in [2.05, 4.69) is 5.32 Å². The second-order valence-electron chi connectivity index (χ2n) is 6.51. The van der Waals surface area contributed by atoms with Crippen LogP contribution in [0.2, 0.25) is 0 Å². The monoisotopic (exact) mass is 334 g/mol. The summed E-state index contributed by atoms with van der Waals surface area (Å²) in [6, 6.07) is 7.97. The first kappa shape index (κ1) is 18.4. The van der Waals surface area contributed by atoms with E-state index in [1.165, 1.54) is 0 Å². The Morgan fingerprint density at radius 2 is 1.96 bits per heavy atom. The van der Waals surface area contributed by atoms with Crippen LogP contribution in [0.4, 0.5) is 0 Å². The molecule has 1 amide bonds. The zero-order valence-corrected chi connectivity index (χ0v) is 14.3. The number of carbonyl (C=O) groups is 2. The molecule has 1 unspecified atom stereocenters. The van der Waals surface area contributed by atoms with Gasteiger partial charge in [0.25, 0.3) is 0 Å². The van der Waals surface area contributed by atoms with Gasteiger partial charge >= 0.3 is 5.97 Å². The summed E-state index contributed by atoms with van der Waals surface area (Å²) in [6.07, 6.45) is 0.818. The topological polar surface area (TPSA) is 78.9 Å². The molecule has 1 heterocycles. The van der Waals surface area contributed by atoms with E-state index in [4.69, 9.17) is 9.84 Å². The maximum atomic E-state index is 12.0. The summed E-state index contributed by atoms with van der Waals surface area (Å²) in [5.41, 5.74) is 2.14. The lowest BCUT2D eigenvalue weighted by atomic mass is 10.1. The van der Waals surface area contributed by atoms with Gasteiger partial charge in [-0.05, 0) is 37.9 Å². The van der Waals surface area contributed by atoms with E-state index in [1.807, 2.05) is 43.0 Å². The summed E-state index contributed by atoms with van der Waals surface area (Å²) in [4.78, 5) is 24.8. The number of hydrogen-bond donors (Lipinski definition) is 2. The van der Waals surface area contributed by atoms with Crippen LogP contribution in [0.5, 0.6) is 0 Å². The van der Waals surface area contributed by atoms with Crippen molar-refractivity contribution in [1.82, 2.24) is 10.2 Å². The molecule has 0 aromatic heterocycles. The summed E-state index contributed by atoms with van der Waals surface area (Å²) in [6.45, 7) is 6.43. The average Bonchev–Trinajstić information content (AvgIpc) is 3.00. The van der Waals surface area contributed by atoms with Gasteiger partial charge in [-0.25, -0.2) is 0 Å². The lowest BCUT2D eigenvalue weighted by Crippen LogP contribution is -2.36. The van der Waals surface area contributed by atoms with Crippen molar-refractivity contribution in [3.05, 3.63) is 35.4 Å². The second-order valence-corrected chi connectivity index (χ2v) is 6.51. The molecule has 0 saturated carbocycles. The van der Waals surface area contributed by atoms with Crippen LogP contribution in [0, 0.1) is 5.92 Å². The van der Waals surface area contributed by atoms with Gasteiger partial charge in [0.15, 0.2) is 0 Å². The molecule has 0 spiro atoms. The number of nitrogens with zero attached hydrogens (tertiary/aromatic N) is 1. The highest BCUT2D eigenvalue weighted by Gasteiger charge is 2.28. The molecule has 0 aliphatic carbocycles. The molecular formula is C18H26N2O4. The Morgan fingerprint density at radius 1 is 1.29 bits per heavy atom. The molecule has 2 N–H and O–H groups in total. The molecule has 1 fully saturated rings. The number of carbonyl (C=O) groups excluding carboxylic acids is 1. The van der Waals surface area contributed by atoms with Gasteiger partial charge in [-0.1, -0.05) is 24.3 Å². The summed E-state index contributed by atoms with van der Waals surface area (Å²) >= 11 is 0. The molecule has 0 bridgehead atoms. The molecule has 1 aromatic rings. The summed E-state index contributed by atoms with van der Waals surface area (Å²) in [5, 5.41) is 11.9. The molecular weight excluding hydrogens is 308 g/mol. The SMILES string of the molecule is CC(C)OCc1ccc(CNC(=O)CN2CCC(C(=O)O)C2)cc1. The maximum Gasteiger partial charge on any atom is 0.307 e. The number of likely N-dealkylation sites (tertiary alicyclic amines) is 1. The van der Waals surface area contributed by atoms with Gasteiger partial charge in [-0.2, -0.15) is 0 Å². The molecule has 1 saturated heterocycles. The molecule has 6 nitrogen and oxygen atoms in total. The maximum absolute atomic E-state index is 12.0. The van der Waals surface area contributed by atoms with Crippen LogP contribution in [0.1, 0.15) is 31.4 Å². The van der Waals surface area contributed by atoms with Crippen molar-refractivity contribution in [2.24, 2.45) is 5.92 Å². The van der Waals surface area contributed by atoms with Crippen LogP contribution in [0.15, 0.2) is 24.3 Å². The normalized spacial score (nSPS) is 18.0. The molecule has 1 atom stereocenters. The van der Waals surface area contributed by atoms with Crippen LogP contribution in [-0.4, -0.2) is 47.6 Å². The molecule has 2 rings (SSSR count). The molecule has 6 heteroatoms. The zero-order valence-electron chi connectivity index (χ0n) is 14.3. The molecule has 0 radical (unpaired) electrons. The number of amides is 1. The largest absolute Gasteiger partial charge is 0.481 e. The average molecular weight is 334 g/mol. The first-order valence-electron chi connectivity index (χ1n) is 8.35. The van der Waals surface area contributed by atoms with Crippen molar-refractivity contribution in [1.29, 1.82) is 0 Å². The van der Waals surface area contributed by atoms with Crippen molar-refractivity contribution in [2.45, 2.75) is 39.5 Å². The number of hydrogen-bond acceptors (Lipinski definition) is 4. The van der Waals surface area contributed by atoms with Crippen molar-refractivity contribution in [3.8, 4) is 0 Å². The van der Waals surface area contributed by atoms with Crippen LogP contribution in [-0.2, 0) is 27.5 Å². The fourth-order valence-electron chi connectivity index (χ4n) is 2.65. The zero-order chi connectivity index (χ0) is 17.5. The van der Waals surface area contributed by atoms with Crippen LogP contribution in [0.25, 0.3) is 0 Å². The van der Waals surface area contributed by atoms with Gasteiger partial charge in [0, 0.05) is 13.1 Å². The Balaban J connectivity index is 1.71. The minimum absolute atomic E-state index is 0.0757. The highest BCUT2D eigenvalue weighted by molar-refractivity contribution is 5.78. The predicted octanol–water partition coefficient (Wildman–Crippen LogP) is 1.63. The smallest absolute Gasteiger partial charge is 0.307 e. The molecule has 24 heavy (non-hydrogen) atoms. The number of carboxylic acids is 1. The van der Waals surface area contributed by atoms with E-state index in [0.717, 1.165) is 11.1 Å². The van der Waals surface area contributed by atoms with Crippen LogP contribution in [0.3, 0.4) is 0 Å². The quantitative estimate of drug-likeness (QED) is 0.755. The highest BCUT2D eigenvalue weighted by atomic mass is 16.5. The first-order chi connectivity index (χ1) is 11.4. The number of ether oxygens (including phenoxy) is 1. The minimum Gasteiger partial charge on any atom is -0.481 e. The standard InChI is InChI=1S/C18H26N2O4/c1-13(2)24-12-15-5-3-14(4-6-15)9-19-17(21)11-20-8-7-16(10-20)18(22)23/h3-6,13,16H,7-12H2,1-2H3,(H,19,21)(H,22,23). The van der Waals surface area contributed by atoms with E-state index in [9.17, 15) is 9.59 Å². The Bertz CT molecular complexity index is 557. The first-order valence-corrected chi connectivity index (χ1v) is 8.35. The van der Waals surface area contributed by atoms with E-state index >= 15 is 0 Å². The Labute approximate surface area is 142 Å². The van der Waals surface area contributed by atoms with E-state index < -0.39 is 5.97 Å². The van der Waals surface area contributed by atoms with Gasteiger partial charge in [0.1, 0.15) is 0 Å². The van der Waals surface area contributed by atoms with Crippen molar-refractivity contribution in [2.75, 3.05) is 19.6 Å². The molecule has 132 valence electrons. The molecule has 1 aliphatic rings. The number of carboxylic acid groups (broad SMARTS) is 1. The number of aliphatic carboxylic acids is 1. The van der Waals surface area contributed by atoms with Crippen molar-refractivity contribution >= 4 is 11.9 Å². The second kappa shape index (κ2) is 8.80. The van der Waals surface area contributed by atoms with Crippen molar-refractivity contribution < 1.29 is 19.4 Å². The summed E-state index contributed by atoms with van der Waals surface area (Å²) in [7, 11) is 0. The van der Waals surface area contributed by atoms with Gasteiger partial charge in [-0.3, -0.25) is 14.5 Å². The number of nitrogens with one attached hydrogen (secondary N) is 1. The lowest BCUT2D eigenvalue weighted by Gasteiger charge is -2.15. The van der Waals surface area contributed by atoms with Gasteiger partial charge < -0.3 is 15.2 Å². The predicted molar refractivity (Wildman–Crippen MR) is 90.4 cm³/mol. The van der Waals surface area contributed by atoms with Gasteiger partial charge in [-0.15, -0.1) is 0 Å². The Morgan fingerprint density at radius 3 is 2.54 bits per heavy atom. The lowest BCUT2D eigenvalue weighted by molar-refractivity contribution is -0.141. The third-order valence-corrected chi connectivity index (χ3v) is 4.08. The third-order valence-electron chi connectivity index (χ3n) is 4.08. The third kappa shape index (κ3) is 5.94. The van der Waals surface area contributed by atoms with Crippen LogP contribution < -0.4 is 5.32 Å². The summed E-state index contributed by atoms with van der Waals surface area (Å²) in [5.74, 6) is -1.20. The Kier molecular flexibility index (Phi) is 6.75. The molecule has 1 aliphatic heterocycles. The van der Waals surface area contributed by atoms with E-state index in [0.29, 0.717) is 32.7 Å².